The lowest BCUT2D eigenvalue weighted by Crippen LogP contribution is -2.51. The molecule has 1 amide bonds. The van der Waals surface area contributed by atoms with Crippen molar-refractivity contribution in [1.82, 2.24) is 5.32 Å². The number of nitriles is 1. The summed E-state index contributed by atoms with van der Waals surface area (Å²) in [5, 5.41) is 11.4. The molecule has 0 aliphatic rings. The van der Waals surface area contributed by atoms with Gasteiger partial charge in [-0.05, 0) is 32.9 Å². The minimum Gasteiger partial charge on any atom is -0.490 e. The van der Waals surface area contributed by atoms with Crippen molar-refractivity contribution in [2.45, 2.75) is 26.3 Å². The van der Waals surface area contributed by atoms with Gasteiger partial charge in [-0.2, -0.15) is 5.26 Å². The first kappa shape index (κ1) is 18.3. The monoisotopic (exact) mass is 320 g/mol. The van der Waals surface area contributed by atoms with Gasteiger partial charge in [-0.3, -0.25) is 4.79 Å². The number of ether oxygens (including phenoxy) is 3. The second-order valence-electron chi connectivity index (χ2n) is 5.16. The van der Waals surface area contributed by atoms with E-state index in [0.29, 0.717) is 23.7 Å². The van der Waals surface area contributed by atoms with E-state index in [1.165, 1.54) is 27.0 Å². The number of methoxy groups -OCH3 is 1. The van der Waals surface area contributed by atoms with Crippen molar-refractivity contribution in [1.29, 1.82) is 5.26 Å². The Morgan fingerprint density at radius 1 is 1.26 bits per heavy atom. The summed E-state index contributed by atoms with van der Waals surface area (Å²) < 4.78 is 15.4. The van der Waals surface area contributed by atoms with Gasteiger partial charge < -0.3 is 19.5 Å². The number of amides is 1. The molecule has 0 aromatic heterocycles. The molecule has 0 saturated heterocycles. The van der Waals surface area contributed by atoms with E-state index in [1.54, 1.807) is 19.1 Å². The molecule has 0 aliphatic carbocycles. The van der Waals surface area contributed by atoms with E-state index >= 15 is 0 Å². The average Bonchev–Trinajstić information content (AvgIpc) is 2.52. The molecule has 1 rings (SSSR count). The van der Waals surface area contributed by atoms with E-state index in [1.807, 2.05) is 6.07 Å². The SMILES string of the molecule is CCOc1cc(C#N)ccc1OCC(=O)NC(C)(C)C(=O)OC. The molecular weight excluding hydrogens is 300 g/mol. The maximum Gasteiger partial charge on any atom is 0.330 e. The Labute approximate surface area is 135 Å². The molecule has 7 nitrogen and oxygen atoms in total. The summed E-state index contributed by atoms with van der Waals surface area (Å²) in [5.41, 5.74) is -0.722. The van der Waals surface area contributed by atoms with Gasteiger partial charge in [0.2, 0.25) is 0 Å². The highest BCUT2D eigenvalue weighted by atomic mass is 16.5. The molecule has 0 aliphatic heterocycles. The Morgan fingerprint density at radius 3 is 2.52 bits per heavy atom. The van der Waals surface area contributed by atoms with Gasteiger partial charge in [0, 0.05) is 6.07 Å². The highest BCUT2D eigenvalue weighted by Gasteiger charge is 2.30. The van der Waals surface area contributed by atoms with Crippen LogP contribution in [-0.4, -0.2) is 37.7 Å². The zero-order valence-electron chi connectivity index (χ0n) is 13.6. The summed E-state index contributed by atoms with van der Waals surface area (Å²) in [6.07, 6.45) is 0. The van der Waals surface area contributed by atoms with Crippen molar-refractivity contribution in [2.24, 2.45) is 0 Å². The van der Waals surface area contributed by atoms with Crippen LogP contribution < -0.4 is 14.8 Å². The first-order chi connectivity index (χ1) is 10.8. The number of nitrogens with zero attached hydrogens (tertiary/aromatic N) is 1. The first-order valence-electron chi connectivity index (χ1n) is 7.03. The maximum atomic E-state index is 11.9. The van der Waals surface area contributed by atoms with Crippen molar-refractivity contribution >= 4 is 11.9 Å². The lowest BCUT2D eigenvalue weighted by atomic mass is 10.1. The van der Waals surface area contributed by atoms with Crippen LogP contribution in [-0.2, 0) is 14.3 Å². The van der Waals surface area contributed by atoms with Gasteiger partial charge in [0.15, 0.2) is 18.1 Å². The molecule has 0 atom stereocenters. The second kappa shape index (κ2) is 8.03. The van der Waals surface area contributed by atoms with Gasteiger partial charge in [0.05, 0.1) is 25.3 Å². The molecule has 7 heteroatoms. The Balaban J connectivity index is 2.73. The quantitative estimate of drug-likeness (QED) is 0.763. The second-order valence-corrected chi connectivity index (χ2v) is 5.16. The lowest BCUT2D eigenvalue weighted by molar-refractivity contribution is -0.149. The van der Waals surface area contributed by atoms with E-state index in [2.05, 4.69) is 10.1 Å². The molecule has 0 radical (unpaired) electrons. The fourth-order valence-corrected chi connectivity index (χ4v) is 1.80. The van der Waals surface area contributed by atoms with Crippen LogP contribution in [0.5, 0.6) is 11.5 Å². The van der Waals surface area contributed by atoms with Crippen molar-refractivity contribution in [2.75, 3.05) is 20.3 Å². The lowest BCUT2D eigenvalue weighted by Gasteiger charge is -2.23. The molecule has 0 saturated carbocycles. The molecule has 1 aromatic carbocycles. The highest BCUT2D eigenvalue weighted by molar-refractivity contribution is 5.87. The molecule has 0 heterocycles. The van der Waals surface area contributed by atoms with E-state index < -0.39 is 17.4 Å². The Hall–Kier alpha value is -2.75. The topological polar surface area (TPSA) is 97.6 Å². The molecule has 0 fully saturated rings. The van der Waals surface area contributed by atoms with Crippen LogP contribution in [0, 0.1) is 11.3 Å². The number of benzene rings is 1. The summed E-state index contributed by atoms with van der Waals surface area (Å²) >= 11 is 0. The number of esters is 1. The molecule has 1 aromatic rings. The number of hydrogen-bond acceptors (Lipinski definition) is 6. The average molecular weight is 320 g/mol. The standard InChI is InChI=1S/C16H20N2O5/c1-5-22-13-8-11(9-17)6-7-12(13)23-10-14(19)18-16(2,3)15(20)21-4/h6-8H,5,10H2,1-4H3,(H,18,19). The van der Waals surface area contributed by atoms with Gasteiger partial charge in [0.1, 0.15) is 5.54 Å². The van der Waals surface area contributed by atoms with E-state index in [-0.39, 0.29) is 6.61 Å². The van der Waals surface area contributed by atoms with Crippen LogP contribution in [0.2, 0.25) is 0 Å². The van der Waals surface area contributed by atoms with Gasteiger partial charge in [0.25, 0.3) is 5.91 Å². The zero-order chi connectivity index (χ0) is 17.5. The van der Waals surface area contributed by atoms with Crippen LogP contribution in [0.1, 0.15) is 26.3 Å². The number of rotatable bonds is 7. The zero-order valence-corrected chi connectivity index (χ0v) is 13.6. The summed E-state index contributed by atoms with van der Waals surface area (Å²) in [5.74, 6) is -0.310. The maximum absolute atomic E-state index is 11.9. The van der Waals surface area contributed by atoms with Crippen LogP contribution in [0.3, 0.4) is 0 Å². The van der Waals surface area contributed by atoms with Crippen molar-refractivity contribution in [3.8, 4) is 17.6 Å². The predicted molar refractivity (Wildman–Crippen MR) is 82.1 cm³/mol. The molecule has 0 spiro atoms. The van der Waals surface area contributed by atoms with Crippen LogP contribution >= 0.6 is 0 Å². The molecule has 0 bridgehead atoms. The van der Waals surface area contributed by atoms with Gasteiger partial charge in [-0.25, -0.2) is 4.79 Å². The third kappa shape index (κ3) is 5.18. The Bertz CT molecular complexity index is 619. The summed E-state index contributed by atoms with van der Waals surface area (Å²) in [6.45, 7) is 4.96. The van der Waals surface area contributed by atoms with Crippen molar-refractivity contribution < 1.29 is 23.8 Å². The minimum absolute atomic E-state index is 0.299. The number of carbonyl (C=O) groups is 2. The smallest absolute Gasteiger partial charge is 0.330 e. The summed E-state index contributed by atoms with van der Waals surface area (Å²) in [6, 6.07) is 6.66. The summed E-state index contributed by atoms with van der Waals surface area (Å²) in [7, 11) is 1.25. The number of hydrogen-bond donors (Lipinski definition) is 1. The number of nitrogens with one attached hydrogen (secondary N) is 1. The number of carbonyl (C=O) groups excluding carboxylic acids is 2. The van der Waals surface area contributed by atoms with E-state index in [4.69, 9.17) is 14.7 Å². The first-order valence-corrected chi connectivity index (χ1v) is 7.03. The Kier molecular flexibility index (Phi) is 6.39. The summed E-state index contributed by atoms with van der Waals surface area (Å²) in [4.78, 5) is 23.4. The third-order valence-corrected chi connectivity index (χ3v) is 2.88. The largest absolute Gasteiger partial charge is 0.490 e. The fourth-order valence-electron chi connectivity index (χ4n) is 1.80. The molecule has 1 N–H and O–H groups in total. The molecule has 124 valence electrons. The van der Waals surface area contributed by atoms with Crippen LogP contribution in [0.25, 0.3) is 0 Å². The van der Waals surface area contributed by atoms with E-state index in [9.17, 15) is 9.59 Å². The third-order valence-electron chi connectivity index (χ3n) is 2.88. The van der Waals surface area contributed by atoms with Gasteiger partial charge in [-0.15, -0.1) is 0 Å². The van der Waals surface area contributed by atoms with Gasteiger partial charge >= 0.3 is 5.97 Å². The molecular formula is C16H20N2O5. The van der Waals surface area contributed by atoms with Gasteiger partial charge in [-0.1, -0.05) is 0 Å². The minimum atomic E-state index is -1.15. The van der Waals surface area contributed by atoms with Crippen molar-refractivity contribution in [3.63, 3.8) is 0 Å². The predicted octanol–water partition coefficient (Wildman–Crippen LogP) is 1.40. The highest BCUT2D eigenvalue weighted by Crippen LogP contribution is 2.28. The van der Waals surface area contributed by atoms with Crippen LogP contribution in [0.4, 0.5) is 0 Å². The molecule has 23 heavy (non-hydrogen) atoms. The van der Waals surface area contributed by atoms with Crippen molar-refractivity contribution in [3.05, 3.63) is 23.8 Å². The normalized spacial score (nSPS) is 10.4. The fraction of sp³-hybridized carbons (Fsp3) is 0.438. The Morgan fingerprint density at radius 2 is 1.96 bits per heavy atom. The van der Waals surface area contributed by atoms with Crippen LogP contribution in [0.15, 0.2) is 18.2 Å². The molecule has 0 unspecified atom stereocenters. The van der Waals surface area contributed by atoms with E-state index in [0.717, 1.165) is 0 Å².